The van der Waals surface area contributed by atoms with E-state index in [0.29, 0.717) is 0 Å². The van der Waals surface area contributed by atoms with Crippen molar-refractivity contribution in [3.05, 3.63) is 297 Å². The Morgan fingerprint density at radius 2 is 0.568 bits per heavy atom. The van der Waals surface area contributed by atoms with E-state index in [-0.39, 0.29) is 24.8 Å². The molecule has 12 rings (SSSR count). The van der Waals surface area contributed by atoms with E-state index in [1.807, 2.05) is 0 Å². The topological polar surface area (TPSA) is 0 Å². The summed E-state index contributed by atoms with van der Waals surface area (Å²) in [7, 11) is 0. The molecular formula is C70H64Cl2Zr2-2. The summed E-state index contributed by atoms with van der Waals surface area (Å²) in [4.78, 5) is 0. The van der Waals surface area contributed by atoms with Crippen LogP contribution in [-0.4, -0.2) is 6.41 Å². The zero-order valence-electron chi connectivity index (χ0n) is 44.0. The van der Waals surface area contributed by atoms with Crippen molar-refractivity contribution in [2.45, 2.75) is 68.2 Å². The molecule has 0 fully saturated rings. The van der Waals surface area contributed by atoms with Gasteiger partial charge in [-0.25, -0.2) is 23.3 Å². The summed E-state index contributed by atoms with van der Waals surface area (Å²) in [5.41, 5.74) is 16.3. The fourth-order valence-electron chi connectivity index (χ4n) is 8.51. The summed E-state index contributed by atoms with van der Waals surface area (Å²) in [6.07, 6.45) is 12.4. The first kappa shape index (κ1) is 59.4. The molecule has 0 N–H and O–H groups in total. The second-order valence-corrected chi connectivity index (χ2v) is 21.3. The third-order valence-electron chi connectivity index (χ3n) is 13.0. The zero-order valence-corrected chi connectivity index (χ0v) is 50.4. The van der Waals surface area contributed by atoms with Crippen LogP contribution < -0.4 is 24.8 Å². The van der Waals surface area contributed by atoms with E-state index < -0.39 is 0 Å². The van der Waals surface area contributed by atoms with Crippen LogP contribution in [0.2, 0.25) is 0 Å². The SMILES string of the molecule is CC1=C(C)C[C-]=C1.CC1=C(C)C[C-]=C1.Cc1ccc2c(c1)[cH-]c1cc(C)ccc12.Cc1ccc2c(c1)[cH-]c1cc(C)ccc12.[Cl-].[Cl-].[Zr+2]=[C](c1ccccc1)c1ccccc1.[Zr+2]=[C](c1ccccc1)c1ccccc1. The average Bonchev–Trinajstić information content (AvgIpc) is 4.18. The molecule has 10 aromatic carbocycles. The van der Waals surface area contributed by atoms with Gasteiger partial charge in [0.15, 0.2) is 0 Å². The molecule has 0 radical (unpaired) electrons. The summed E-state index contributed by atoms with van der Waals surface area (Å²) in [6, 6.07) is 73.4. The van der Waals surface area contributed by atoms with Crippen LogP contribution in [0.1, 0.15) is 85.0 Å². The van der Waals surface area contributed by atoms with E-state index in [4.69, 9.17) is 0 Å². The Labute approximate surface area is 483 Å². The summed E-state index contributed by atoms with van der Waals surface area (Å²) in [6.45, 7) is 17.1. The van der Waals surface area contributed by atoms with E-state index in [1.165, 1.54) is 165 Å². The Morgan fingerprint density at radius 3 is 0.743 bits per heavy atom. The molecule has 0 atom stereocenters. The molecular weight excluding hydrogens is 1090 g/mol. The first-order valence-electron chi connectivity index (χ1n) is 24.8. The molecule has 0 spiro atoms. The van der Waals surface area contributed by atoms with Gasteiger partial charge in [-0.15, -0.1) is 106 Å². The van der Waals surface area contributed by atoms with Crippen molar-refractivity contribution < 1.29 is 73.3 Å². The number of hydrogen-bond acceptors (Lipinski definition) is 0. The van der Waals surface area contributed by atoms with Crippen LogP contribution in [0.3, 0.4) is 0 Å². The quantitative estimate of drug-likeness (QED) is 0.154. The third kappa shape index (κ3) is 16.8. The molecule has 2 aliphatic rings. The predicted molar refractivity (Wildman–Crippen MR) is 307 cm³/mol. The van der Waals surface area contributed by atoms with Gasteiger partial charge in [-0.3, -0.25) is 12.2 Å². The van der Waals surface area contributed by atoms with Crippen molar-refractivity contribution in [3.8, 4) is 0 Å². The van der Waals surface area contributed by atoms with E-state index in [9.17, 15) is 0 Å². The van der Waals surface area contributed by atoms with Crippen molar-refractivity contribution in [3.63, 3.8) is 0 Å². The minimum absolute atomic E-state index is 0. The van der Waals surface area contributed by atoms with E-state index >= 15 is 0 Å². The summed E-state index contributed by atoms with van der Waals surface area (Å²) >= 11 is 2.92. The molecule has 74 heavy (non-hydrogen) atoms. The Morgan fingerprint density at radius 1 is 0.338 bits per heavy atom. The van der Waals surface area contributed by atoms with Crippen molar-refractivity contribution in [2.24, 2.45) is 0 Å². The van der Waals surface area contributed by atoms with Crippen LogP contribution in [0.4, 0.5) is 0 Å². The van der Waals surface area contributed by atoms with Gasteiger partial charge < -0.3 is 24.8 Å². The first-order valence-corrected chi connectivity index (χ1v) is 27.3. The molecule has 0 nitrogen and oxygen atoms in total. The molecule has 2 aliphatic carbocycles. The summed E-state index contributed by atoms with van der Waals surface area (Å²) in [5, 5.41) is 10.9. The van der Waals surface area contributed by atoms with E-state index in [1.54, 1.807) is 0 Å². The zero-order chi connectivity index (χ0) is 51.0. The maximum absolute atomic E-state index is 3.12. The number of fused-ring (bicyclic) bond motifs is 6. The van der Waals surface area contributed by atoms with Crippen LogP contribution in [0.15, 0.2) is 241 Å². The molecule has 0 bridgehead atoms. The second-order valence-electron chi connectivity index (χ2n) is 18.8. The molecule has 0 unspecified atom stereocenters. The van der Waals surface area contributed by atoms with Gasteiger partial charge in [0.1, 0.15) is 0 Å². The van der Waals surface area contributed by atoms with Gasteiger partial charge in [0.25, 0.3) is 0 Å². The fraction of sp³-hybridized carbons (Fsp3) is 0.143. The third-order valence-corrected chi connectivity index (χ3v) is 15.8. The average molecular weight is 1160 g/mol. The maximum atomic E-state index is 3.12. The minimum atomic E-state index is 0. The summed E-state index contributed by atoms with van der Waals surface area (Å²) < 4.78 is 2.83. The van der Waals surface area contributed by atoms with Crippen LogP contribution >= 0.6 is 0 Å². The molecule has 368 valence electrons. The Kier molecular flexibility index (Phi) is 23.8. The molecule has 0 aromatic heterocycles. The van der Waals surface area contributed by atoms with Crippen molar-refractivity contribution in [1.82, 2.24) is 0 Å². The van der Waals surface area contributed by atoms with Gasteiger partial charge in [-0.1, -0.05) is 84.6 Å². The molecule has 0 heterocycles. The monoisotopic (exact) mass is 1150 g/mol. The molecule has 0 amide bonds. The number of rotatable bonds is 4. The number of halogens is 2. The molecule has 4 heteroatoms. The van der Waals surface area contributed by atoms with E-state index in [2.05, 4.69) is 286 Å². The van der Waals surface area contributed by atoms with Crippen molar-refractivity contribution in [2.75, 3.05) is 0 Å². The number of hydrogen-bond donors (Lipinski definition) is 0. The van der Waals surface area contributed by atoms with Gasteiger partial charge in [0.05, 0.1) is 0 Å². The van der Waals surface area contributed by atoms with Crippen LogP contribution in [0.5, 0.6) is 0 Å². The van der Waals surface area contributed by atoms with Gasteiger partial charge >= 0.3 is 198 Å². The normalized spacial score (nSPS) is 11.9. The molecule has 10 aromatic rings. The Bertz CT molecular complexity index is 3120. The first-order chi connectivity index (χ1) is 34.8. The van der Waals surface area contributed by atoms with Crippen LogP contribution in [0, 0.1) is 39.8 Å². The van der Waals surface area contributed by atoms with Crippen molar-refractivity contribution in [1.29, 1.82) is 0 Å². The molecule has 0 saturated carbocycles. The second kappa shape index (κ2) is 29.6. The Balaban J connectivity index is 0.000000167. The van der Waals surface area contributed by atoms with Crippen LogP contribution in [0.25, 0.3) is 43.1 Å². The number of benzene rings is 8. The fourth-order valence-corrected chi connectivity index (χ4v) is 10.2. The summed E-state index contributed by atoms with van der Waals surface area (Å²) in [5.74, 6) is 0. The van der Waals surface area contributed by atoms with Gasteiger partial charge in [-0.05, 0) is 27.7 Å². The van der Waals surface area contributed by atoms with Crippen LogP contribution in [-0.2, 0) is 48.5 Å². The van der Waals surface area contributed by atoms with Gasteiger partial charge in [0, 0.05) is 0 Å². The number of aryl methyl sites for hydroxylation is 4. The van der Waals surface area contributed by atoms with Gasteiger partial charge in [-0.2, -0.15) is 11.1 Å². The molecule has 0 aliphatic heterocycles. The van der Waals surface area contributed by atoms with Gasteiger partial charge in [0.2, 0.25) is 0 Å². The Hall–Kier alpha value is -5.45. The molecule has 0 saturated heterocycles. The number of allylic oxidation sites excluding steroid dienone is 8. The predicted octanol–water partition coefficient (Wildman–Crippen LogP) is 12.4. The standard InChI is InChI=1S/2C15H13.2C13H10.2C7H9.2ClH.2Zr/c2*1-10-3-5-14-12(7-10)9-13-8-11(2)4-6-15(13)14;2*1-3-7-12(8-4-1)11-13-9-5-2-6-10-13;2*1-6-4-3-5-7(6)2;;;;/h2*3-9H,1-2H3;2*1-10H;2*4H,5H2,1-2H3;2*1H;;/q2*-1;;;2*-1;;;2*+2/p-2. The van der Waals surface area contributed by atoms with Crippen molar-refractivity contribution >= 4 is 49.5 Å². The van der Waals surface area contributed by atoms with E-state index in [0.717, 1.165) is 12.8 Å².